The molecule has 0 saturated carbocycles. The minimum atomic E-state index is -0.505. The average molecular weight is 179 g/mol. The van der Waals surface area contributed by atoms with Gasteiger partial charge in [-0.15, -0.1) is 0 Å². The van der Waals surface area contributed by atoms with Crippen molar-refractivity contribution in [2.45, 2.75) is 6.29 Å². The standard InChI is InChI=1S/C9H9NO3/c11-9-10-6-8(13-9)12-7-4-2-1-3-5-7/h1-5,8H,6H2,(H,10,11). The number of cyclic esters (lactones) is 1. The number of para-hydroxylation sites is 1. The van der Waals surface area contributed by atoms with Crippen LogP contribution in [0.2, 0.25) is 0 Å². The fourth-order valence-electron chi connectivity index (χ4n) is 1.09. The summed E-state index contributed by atoms with van der Waals surface area (Å²) in [4.78, 5) is 10.6. The fraction of sp³-hybridized carbons (Fsp3) is 0.222. The summed E-state index contributed by atoms with van der Waals surface area (Å²) < 4.78 is 10.1. The number of hydrogen-bond donors (Lipinski definition) is 1. The summed E-state index contributed by atoms with van der Waals surface area (Å²) in [6, 6.07) is 9.24. The molecule has 0 bridgehead atoms. The van der Waals surface area contributed by atoms with Crippen molar-refractivity contribution in [1.82, 2.24) is 5.32 Å². The van der Waals surface area contributed by atoms with Gasteiger partial charge in [0.05, 0.1) is 6.54 Å². The number of rotatable bonds is 2. The average Bonchev–Trinajstić information content (AvgIpc) is 2.53. The second-order valence-electron chi connectivity index (χ2n) is 2.65. The van der Waals surface area contributed by atoms with Crippen LogP contribution in [0.3, 0.4) is 0 Å². The maximum Gasteiger partial charge on any atom is 0.410 e. The molecule has 0 aromatic heterocycles. The Kier molecular flexibility index (Phi) is 2.04. The lowest BCUT2D eigenvalue weighted by Gasteiger charge is -2.10. The monoisotopic (exact) mass is 179 g/mol. The maximum absolute atomic E-state index is 10.6. The number of ether oxygens (including phenoxy) is 2. The SMILES string of the molecule is O=C1NCC(Oc2ccccc2)O1. The molecule has 4 nitrogen and oxygen atoms in total. The fourth-order valence-corrected chi connectivity index (χ4v) is 1.09. The molecule has 1 atom stereocenters. The predicted octanol–water partition coefficient (Wildman–Crippen LogP) is 1.13. The van der Waals surface area contributed by atoms with E-state index < -0.39 is 12.4 Å². The van der Waals surface area contributed by atoms with Gasteiger partial charge in [-0.1, -0.05) is 18.2 Å². The van der Waals surface area contributed by atoms with Crippen LogP contribution in [0.5, 0.6) is 5.75 Å². The Labute approximate surface area is 75.5 Å². The van der Waals surface area contributed by atoms with Gasteiger partial charge in [0.1, 0.15) is 5.75 Å². The zero-order valence-corrected chi connectivity index (χ0v) is 6.90. The lowest BCUT2D eigenvalue weighted by molar-refractivity contribution is 0.00550. The lowest BCUT2D eigenvalue weighted by Crippen LogP contribution is -2.20. The molecule has 13 heavy (non-hydrogen) atoms. The van der Waals surface area contributed by atoms with E-state index in [9.17, 15) is 4.79 Å². The van der Waals surface area contributed by atoms with Crippen LogP contribution in [0.4, 0.5) is 4.79 Å². The topological polar surface area (TPSA) is 47.6 Å². The highest BCUT2D eigenvalue weighted by Gasteiger charge is 2.23. The summed E-state index contributed by atoms with van der Waals surface area (Å²) >= 11 is 0. The van der Waals surface area contributed by atoms with Gasteiger partial charge < -0.3 is 14.8 Å². The van der Waals surface area contributed by atoms with Crippen molar-refractivity contribution < 1.29 is 14.3 Å². The highest BCUT2D eigenvalue weighted by molar-refractivity contribution is 5.69. The summed E-state index contributed by atoms with van der Waals surface area (Å²) in [6.07, 6.45) is -0.934. The largest absolute Gasteiger partial charge is 0.453 e. The van der Waals surface area contributed by atoms with E-state index in [4.69, 9.17) is 9.47 Å². The van der Waals surface area contributed by atoms with E-state index in [1.807, 2.05) is 30.3 Å². The van der Waals surface area contributed by atoms with E-state index in [2.05, 4.69) is 5.32 Å². The van der Waals surface area contributed by atoms with E-state index in [0.29, 0.717) is 12.3 Å². The zero-order chi connectivity index (χ0) is 9.10. The number of amides is 1. The van der Waals surface area contributed by atoms with Gasteiger partial charge in [0.25, 0.3) is 6.29 Å². The second kappa shape index (κ2) is 3.35. The number of alkyl carbamates (subject to hydrolysis) is 1. The molecule has 1 unspecified atom stereocenters. The molecule has 1 heterocycles. The van der Waals surface area contributed by atoms with Crippen LogP contribution < -0.4 is 10.1 Å². The van der Waals surface area contributed by atoms with Gasteiger partial charge in [0.15, 0.2) is 0 Å². The van der Waals surface area contributed by atoms with Gasteiger partial charge in [0.2, 0.25) is 0 Å². The first-order chi connectivity index (χ1) is 6.34. The summed E-state index contributed by atoms with van der Waals surface area (Å²) in [5.74, 6) is 0.698. The van der Waals surface area contributed by atoms with Crippen LogP contribution in [-0.2, 0) is 4.74 Å². The Morgan fingerprint density at radius 1 is 1.38 bits per heavy atom. The smallest absolute Gasteiger partial charge is 0.410 e. The number of nitrogens with one attached hydrogen (secondary N) is 1. The van der Waals surface area contributed by atoms with Gasteiger partial charge in [-0.3, -0.25) is 0 Å². The van der Waals surface area contributed by atoms with Crippen LogP contribution in [0.25, 0.3) is 0 Å². The van der Waals surface area contributed by atoms with E-state index in [1.165, 1.54) is 0 Å². The van der Waals surface area contributed by atoms with Gasteiger partial charge in [-0.2, -0.15) is 0 Å². The van der Waals surface area contributed by atoms with Gasteiger partial charge in [-0.25, -0.2) is 4.79 Å². The number of benzene rings is 1. The van der Waals surface area contributed by atoms with Gasteiger partial charge in [-0.05, 0) is 12.1 Å². The zero-order valence-electron chi connectivity index (χ0n) is 6.90. The summed E-state index contributed by atoms with van der Waals surface area (Å²) in [7, 11) is 0. The Hall–Kier alpha value is -1.71. The highest BCUT2D eigenvalue weighted by Crippen LogP contribution is 2.12. The summed E-state index contributed by atoms with van der Waals surface area (Å²) in [5, 5.41) is 2.50. The van der Waals surface area contributed by atoms with Crippen molar-refractivity contribution in [3.8, 4) is 5.75 Å². The van der Waals surface area contributed by atoms with Crippen molar-refractivity contribution in [3.05, 3.63) is 30.3 Å². The molecule has 1 fully saturated rings. The van der Waals surface area contributed by atoms with Crippen LogP contribution >= 0.6 is 0 Å². The first-order valence-electron chi connectivity index (χ1n) is 4.01. The Morgan fingerprint density at radius 2 is 2.15 bits per heavy atom. The second-order valence-corrected chi connectivity index (χ2v) is 2.65. The molecule has 1 aliphatic rings. The molecule has 1 N–H and O–H groups in total. The molecule has 1 aromatic carbocycles. The molecular weight excluding hydrogens is 170 g/mol. The van der Waals surface area contributed by atoms with Gasteiger partial charge in [0, 0.05) is 0 Å². The number of hydrogen-bond acceptors (Lipinski definition) is 3. The molecular formula is C9H9NO3. The molecule has 0 radical (unpaired) electrons. The molecule has 4 heteroatoms. The van der Waals surface area contributed by atoms with Crippen molar-refractivity contribution in [3.63, 3.8) is 0 Å². The summed E-state index contributed by atoms with van der Waals surface area (Å²) in [6.45, 7) is 0.397. The van der Waals surface area contributed by atoms with E-state index >= 15 is 0 Å². The third-order valence-corrected chi connectivity index (χ3v) is 1.66. The Morgan fingerprint density at radius 3 is 2.77 bits per heavy atom. The third kappa shape index (κ3) is 1.90. The Bertz CT molecular complexity index is 299. The molecule has 1 aliphatic heterocycles. The highest BCUT2D eigenvalue weighted by atomic mass is 16.7. The molecule has 1 saturated heterocycles. The maximum atomic E-state index is 10.6. The summed E-state index contributed by atoms with van der Waals surface area (Å²) in [5.41, 5.74) is 0. The van der Waals surface area contributed by atoms with E-state index in [-0.39, 0.29) is 0 Å². The lowest BCUT2D eigenvalue weighted by atomic mass is 10.3. The van der Waals surface area contributed by atoms with Crippen LogP contribution in [0, 0.1) is 0 Å². The first kappa shape index (κ1) is 7.91. The van der Waals surface area contributed by atoms with E-state index in [1.54, 1.807) is 0 Å². The molecule has 2 rings (SSSR count). The number of carbonyl (C=O) groups is 1. The molecule has 1 amide bonds. The normalized spacial score (nSPS) is 20.6. The van der Waals surface area contributed by atoms with Crippen molar-refractivity contribution in [2.75, 3.05) is 6.54 Å². The molecule has 68 valence electrons. The quantitative estimate of drug-likeness (QED) is 0.740. The van der Waals surface area contributed by atoms with Crippen molar-refractivity contribution in [1.29, 1.82) is 0 Å². The third-order valence-electron chi connectivity index (χ3n) is 1.66. The van der Waals surface area contributed by atoms with Crippen LogP contribution in [-0.4, -0.2) is 18.9 Å². The van der Waals surface area contributed by atoms with Gasteiger partial charge >= 0.3 is 6.09 Å². The minimum Gasteiger partial charge on any atom is -0.453 e. The predicted molar refractivity (Wildman–Crippen MR) is 45.3 cm³/mol. The van der Waals surface area contributed by atoms with Crippen LogP contribution in [0.15, 0.2) is 30.3 Å². The van der Waals surface area contributed by atoms with Crippen molar-refractivity contribution in [2.24, 2.45) is 0 Å². The van der Waals surface area contributed by atoms with Crippen molar-refractivity contribution >= 4 is 6.09 Å². The molecule has 0 spiro atoms. The van der Waals surface area contributed by atoms with E-state index in [0.717, 1.165) is 0 Å². The first-order valence-corrected chi connectivity index (χ1v) is 4.01. The molecule has 1 aromatic rings. The minimum absolute atomic E-state index is 0.397. The number of carbonyl (C=O) groups excluding carboxylic acids is 1. The van der Waals surface area contributed by atoms with Crippen LogP contribution in [0.1, 0.15) is 0 Å². The molecule has 0 aliphatic carbocycles. The Balaban J connectivity index is 1.96.